The third-order valence-electron chi connectivity index (χ3n) is 2.10. The first-order valence-corrected chi connectivity index (χ1v) is 5.41. The van der Waals surface area contributed by atoms with Gasteiger partial charge in [0.2, 0.25) is 0 Å². The monoisotopic (exact) mass is 188 g/mol. The molecule has 0 aromatic carbocycles. The molecule has 0 aromatic heterocycles. The standard InChI is InChI=1S/C11H24O2/c1-5-7-11(13-6-2)10(12)8-9(3)4/h9-12H,5-8H2,1-4H3. The molecule has 0 aliphatic heterocycles. The summed E-state index contributed by atoms with van der Waals surface area (Å²) in [6.07, 6.45) is 2.61. The van der Waals surface area contributed by atoms with Crippen LogP contribution in [0.2, 0.25) is 0 Å². The molecule has 0 aromatic rings. The summed E-state index contributed by atoms with van der Waals surface area (Å²) >= 11 is 0. The number of aliphatic hydroxyl groups is 1. The lowest BCUT2D eigenvalue weighted by atomic mass is 9.99. The number of aliphatic hydroxyl groups excluding tert-OH is 1. The lowest BCUT2D eigenvalue weighted by molar-refractivity contribution is -0.0444. The fourth-order valence-electron chi connectivity index (χ4n) is 1.52. The number of ether oxygens (including phenoxy) is 1. The van der Waals surface area contributed by atoms with Crippen LogP contribution < -0.4 is 0 Å². The average molecular weight is 188 g/mol. The Kier molecular flexibility index (Phi) is 7.29. The topological polar surface area (TPSA) is 29.5 Å². The molecule has 0 aliphatic carbocycles. The summed E-state index contributed by atoms with van der Waals surface area (Å²) in [6.45, 7) is 9.04. The van der Waals surface area contributed by atoms with E-state index in [-0.39, 0.29) is 12.2 Å². The van der Waals surface area contributed by atoms with Crippen molar-refractivity contribution in [1.29, 1.82) is 0 Å². The number of hydrogen-bond acceptors (Lipinski definition) is 2. The van der Waals surface area contributed by atoms with Crippen molar-refractivity contribution in [3.63, 3.8) is 0 Å². The molecule has 2 heteroatoms. The SMILES string of the molecule is CCCC(OCC)C(O)CC(C)C. The van der Waals surface area contributed by atoms with Crippen molar-refractivity contribution < 1.29 is 9.84 Å². The number of hydrogen-bond donors (Lipinski definition) is 1. The van der Waals surface area contributed by atoms with Gasteiger partial charge in [0.05, 0.1) is 12.2 Å². The molecule has 0 saturated heterocycles. The molecule has 0 saturated carbocycles. The van der Waals surface area contributed by atoms with Crippen LogP contribution in [0, 0.1) is 5.92 Å². The zero-order valence-corrected chi connectivity index (χ0v) is 9.42. The molecule has 0 spiro atoms. The first kappa shape index (κ1) is 12.9. The van der Waals surface area contributed by atoms with E-state index in [1.807, 2.05) is 6.92 Å². The molecular formula is C11H24O2. The lowest BCUT2D eigenvalue weighted by Crippen LogP contribution is -2.30. The van der Waals surface area contributed by atoms with E-state index in [1.54, 1.807) is 0 Å². The summed E-state index contributed by atoms with van der Waals surface area (Å²) < 4.78 is 5.50. The van der Waals surface area contributed by atoms with Crippen LogP contribution in [0.1, 0.15) is 47.0 Å². The van der Waals surface area contributed by atoms with Crippen molar-refractivity contribution in [3.05, 3.63) is 0 Å². The van der Waals surface area contributed by atoms with Crippen LogP contribution in [0.25, 0.3) is 0 Å². The molecule has 0 heterocycles. The normalized spacial score (nSPS) is 16.2. The molecule has 13 heavy (non-hydrogen) atoms. The van der Waals surface area contributed by atoms with Crippen molar-refractivity contribution in [1.82, 2.24) is 0 Å². The van der Waals surface area contributed by atoms with E-state index in [0.717, 1.165) is 19.3 Å². The Morgan fingerprint density at radius 1 is 1.23 bits per heavy atom. The van der Waals surface area contributed by atoms with E-state index in [1.165, 1.54) is 0 Å². The first-order valence-electron chi connectivity index (χ1n) is 5.41. The van der Waals surface area contributed by atoms with E-state index in [0.29, 0.717) is 12.5 Å². The quantitative estimate of drug-likeness (QED) is 0.665. The highest BCUT2D eigenvalue weighted by atomic mass is 16.5. The minimum atomic E-state index is -0.292. The van der Waals surface area contributed by atoms with Crippen LogP contribution >= 0.6 is 0 Å². The molecule has 0 fully saturated rings. The Morgan fingerprint density at radius 2 is 1.85 bits per heavy atom. The Labute approximate surface area is 82.3 Å². The third kappa shape index (κ3) is 6.05. The molecule has 0 radical (unpaired) electrons. The van der Waals surface area contributed by atoms with Crippen LogP contribution in [0.5, 0.6) is 0 Å². The van der Waals surface area contributed by atoms with Gasteiger partial charge < -0.3 is 9.84 Å². The van der Waals surface area contributed by atoms with Crippen LogP contribution in [0.15, 0.2) is 0 Å². The molecule has 0 bridgehead atoms. The van der Waals surface area contributed by atoms with Crippen LogP contribution in [-0.2, 0) is 4.74 Å². The summed E-state index contributed by atoms with van der Waals surface area (Å²) in [5, 5.41) is 9.82. The highest BCUT2D eigenvalue weighted by molar-refractivity contribution is 4.70. The summed E-state index contributed by atoms with van der Waals surface area (Å²) in [5.41, 5.74) is 0. The van der Waals surface area contributed by atoms with Crippen molar-refractivity contribution in [2.75, 3.05) is 6.61 Å². The molecule has 2 unspecified atom stereocenters. The van der Waals surface area contributed by atoms with Gasteiger partial charge in [-0.1, -0.05) is 27.2 Å². The van der Waals surface area contributed by atoms with Gasteiger partial charge in [0.15, 0.2) is 0 Å². The Morgan fingerprint density at radius 3 is 2.23 bits per heavy atom. The highest BCUT2D eigenvalue weighted by Gasteiger charge is 2.19. The second-order valence-electron chi connectivity index (χ2n) is 3.98. The smallest absolute Gasteiger partial charge is 0.0833 e. The molecule has 0 aliphatic rings. The van der Waals surface area contributed by atoms with Crippen LogP contribution in [0.4, 0.5) is 0 Å². The van der Waals surface area contributed by atoms with Crippen molar-refractivity contribution in [2.45, 2.75) is 59.2 Å². The van der Waals surface area contributed by atoms with Gasteiger partial charge >= 0.3 is 0 Å². The second-order valence-corrected chi connectivity index (χ2v) is 3.98. The zero-order chi connectivity index (χ0) is 10.3. The van der Waals surface area contributed by atoms with E-state index in [4.69, 9.17) is 4.74 Å². The van der Waals surface area contributed by atoms with Gasteiger partial charge in [-0.05, 0) is 25.7 Å². The van der Waals surface area contributed by atoms with Gasteiger partial charge in [0, 0.05) is 6.61 Å². The highest BCUT2D eigenvalue weighted by Crippen LogP contribution is 2.14. The zero-order valence-electron chi connectivity index (χ0n) is 9.42. The van der Waals surface area contributed by atoms with E-state index in [9.17, 15) is 5.11 Å². The van der Waals surface area contributed by atoms with Crippen LogP contribution in [0.3, 0.4) is 0 Å². The largest absolute Gasteiger partial charge is 0.390 e. The minimum Gasteiger partial charge on any atom is -0.390 e. The van der Waals surface area contributed by atoms with E-state index < -0.39 is 0 Å². The predicted molar refractivity (Wildman–Crippen MR) is 55.8 cm³/mol. The van der Waals surface area contributed by atoms with Gasteiger partial charge in [0.25, 0.3) is 0 Å². The van der Waals surface area contributed by atoms with Gasteiger partial charge in [-0.15, -0.1) is 0 Å². The third-order valence-corrected chi connectivity index (χ3v) is 2.10. The fraction of sp³-hybridized carbons (Fsp3) is 1.00. The van der Waals surface area contributed by atoms with Gasteiger partial charge in [-0.3, -0.25) is 0 Å². The summed E-state index contributed by atoms with van der Waals surface area (Å²) in [7, 11) is 0. The molecule has 2 nitrogen and oxygen atoms in total. The molecule has 2 atom stereocenters. The predicted octanol–water partition coefficient (Wildman–Crippen LogP) is 2.60. The van der Waals surface area contributed by atoms with E-state index in [2.05, 4.69) is 20.8 Å². The Bertz CT molecular complexity index is 107. The van der Waals surface area contributed by atoms with Gasteiger partial charge in [-0.2, -0.15) is 0 Å². The Balaban J connectivity index is 3.86. The molecule has 0 rings (SSSR count). The lowest BCUT2D eigenvalue weighted by Gasteiger charge is -2.23. The second kappa shape index (κ2) is 7.34. The minimum absolute atomic E-state index is 0.0393. The molecule has 80 valence electrons. The van der Waals surface area contributed by atoms with Gasteiger partial charge in [-0.25, -0.2) is 0 Å². The molecule has 0 amide bonds. The summed E-state index contributed by atoms with van der Waals surface area (Å²) in [4.78, 5) is 0. The van der Waals surface area contributed by atoms with E-state index >= 15 is 0 Å². The molecule has 1 N–H and O–H groups in total. The first-order chi connectivity index (χ1) is 6.11. The van der Waals surface area contributed by atoms with Crippen molar-refractivity contribution >= 4 is 0 Å². The van der Waals surface area contributed by atoms with Crippen molar-refractivity contribution in [3.8, 4) is 0 Å². The summed E-state index contributed by atoms with van der Waals surface area (Å²) in [5.74, 6) is 0.537. The Hall–Kier alpha value is -0.0800. The van der Waals surface area contributed by atoms with Crippen LogP contribution in [-0.4, -0.2) is 23.9 Å². The summed E-state index contributed by atoms with van der Waals surface area (Å²) in [6, 6.07) is 0. The van der Waals surface area contributed by atoms with Crippen molar-refractivity contribution in [2.24, 2.45) is 5.92 Å². The number of rotatable bonds is 7. The maximum Gasteiger partial charge on any atom is 0.0833 e. The molecular weight excluding hydrogens is 164 g/mol. The van der Waals surface area contributed by atoms with Gasteiger partial charge in [0.1, 0.15) is 0 Å². The maximum absolute atomic E-state index is 9.82. The fourth-order valence-corrected chi connectivity index (χ4v) is 1.52. The maximum atomic E-state index is 9.82. The average Bonchev–Trinajstić information content (AvgIpc) is 2.02.